The van der Waals surface area contributed by atoms with Crippen molar-refractivity contribution >= 4 is 59.2 Å². The number of amides is 8. The molecule has 69 heavy (non-hydrogen) atoms. The van der Waals surface area contributed by atoms with E-state index in [1.54, 1.807) is 39.8 Å². The van der Waals surface area contributed by atoms with Crippen molar-refractivity contribution in [2.75, 3.05) is 26.2 Å². The van der Waals surface area contributed by atoms with Gasteiger partial charge in [-0.3, -0.25) is 43.3 Å². The van der Waals surface area contributed by atoms with Crippen LogP contribution in [0.15, 0.2) is 29.3 Å². The Balaban J connectivity index is 2.99. The maximum absolute atomic E-state index is 13.8. The summed E-state index contributed by atoms with van der Waals surface area (Å²) in [7, 11) is 0. The second-order valence-electron chi connectivity index (χ2n) is 17.5. The fourth-order valence-electron chi connectivity index (χ4n) is 6.54. The molecule has 1 aromatic carbocycles. The number of phenolic OH excluding ortho intramolecular Hbond substituents is 1. The number of aliphatic imine (C=N–C) groups is 1. The molecule has 25 nitrogen and oxygen atoms in total. The van der Waals surface area contributed by atoms with Crippen LogP contribution in [0.5, 0.6) is 5.75 Å². The number of aliphatic hydroxyl groups is 1. The summed E-state index contributed by atoms with van der Waals surface area (Å²) >= 11 is 0. The number of carboxylic acid groups (broad SMARTS) is 1. The Morgan fingerprint density at radius 2 is 1.07 bits per heavy atom. The van der Waals surface area contributed by atoms with Crippen molar-refractivity contribution in [3.63, 3.8) is 0 Å². The van der Waals surface area contributed by atoms with Crippen LogP contribution in [0.25, 0.3) is 0 Å². The van der Waals surface area contributed by atoms with E-state index in [4.69, 9.17) is 22.9 Å². The van der Waals surface area contributed by atoms with E-state index in [1.165, 1.54) is 26.0 Å². The van der Waals surface area contributed by atoms with Crippen LogP contribution in [0.4, 0.5) is 0 Å². The third kappa shape index (κ3) is 24.3. The Bertz CT molecular complexity index is 1900. The van der Waals surface area contributed by atoms with Crippen LogP contribution in [0.2, 0.25) is 0 Å². The molecule has 0 bridgehead atoms. The molecule has 0 aliphatic heterocycles. The number of benzene rings is 1. The van der Waals surface area contributed by atoms with Gasteiger partial charge < -0.3 is 80.8 Å². The lowest BCUT2D eigenvalue weighted by Crippen LogP contribution is -2.59. The zero-order valence-electron chi connectivity index (χ0n) is 40.3. The normalized spacial score (nSPS) is 14.5. The number of hydrogen-bond donors (Lipinski definition) is 15. The molecular formula is C44H75N13O12. The summed E-state index contributed by atoms with van der Waals surface area (Å²) in [6, 6.07) is -3.94. The van der Waals surface area contributed by atoms with Gasteiger partial charge in [0.05, 0.1) is 19.2 Å². The summed E-state index contributed by atoms with van der Waals surface area (Å²) in [4.78, 5) is 121. The number of hydrogen-bond acceptors (Lipinski definition) is 14. The first kappa shape index (κ1) is 60.4. The van der Waals surface area contributed by atoms with Crippen molar-refractivity contribution in [3.8, 4) is 5.75 Å². The van der Waals surface area contributed by atoms with Crippen molar-refractivity contribution in [2.24, 2.45) is 39.8 Å². The predicted molar refractivity (Wildman–Crippen MR) is 254 cm³/mol. The second-order valence-corrected chi connectivity index (χ2v) is 17.5. The number of guanidine groups is 1. The smallest absolute Gasteiger partial charge is 0.326 e. The largest absolute Gasteiger partial charge is 0.508 e. The van der Waals surface area contributed by atoms with Crippen molar-refractivity contribution in [3.05, 3.63) is 29.8 Å². The summed E-state index contributed by atoms with van der Waals surface area (Å²) in [5.41, 5.74) is 22.9. The molecule has 0 saturated carbocycles. The number of aromatic hydroxyl groups is 1. The van der Waals surface area contributed by atoms with Gasteiger partial charge in [-0.25, -0.2) is 4.79 Å². The molecule has 0 aliphatic carbocycles. The SMILES string of the molecule is CC(C)C[C@H](NC(=O)CNC(=O)[C@H](CC(C)C)NC(=O)[C@H](CCCCN)NC(=O)[C@H](CO)NC(=O)[C@H](C)NC(=O)[C@@H](N)Cc1ccc(O)cc1)C(=O)N[C@@H](C)C(=O)N[C@@H](CCCN=C(N)N)C(=O)O. The molecule has 25 heteroatoms. The number of carbonyl (C=O) groups excluding carboxylic acids is 8. The minimum Gasteiger partial charge on any atom is -0.508 e. The molecular weight excluding hydrogens is 903 g/mol. The van der Waals surface area contributed by atoms with Crippen LogP contribution in [0.3, 0.4) is 0 Å². The molecule has 388 valence electrons. The summed E-state index contributed by atoms with van der Waals surface area (Å²) in [5.74, 6) is -8.06. The molecule has 0 aromatic heterocycles. The van der Waals surface area contributed by atoms with E-state index in [0.29, 0.717) is 18.4 Å². The minimum absolute atomic E-state index is 0.00271. The fraction of sp³-hybridized carbons (Fsp3) is 0.636. The highest BCUT2D eigenvalue weighted by Gasteiger charge is 2.32. The fourth-order valence-corrected chi connectivity index (χ4v) is 6.54. The van der Waals surface area contributed by atoms with Gasteiger partial charge in [-0.05, 0) is 101 Å². The Kier molecular flexibility index (Phi) is 27.5. The Morgan fingerprint density at radius 3 is 1.59 bits per heavy atom. The third-order valence-corrected chi connectivity index (χ3v) is 10.3. The van der Waals surface area contributed by atoms with Gasteiger partial charge in [0.2, 0.25) is 47.3 Å². The lowest BCUT2D eigenvalue weighted by Gasteiger charge is -2.26. The van der Waals surface area contributed by atoms with Crippen LogP contribution in [0.1, 0.15) is 92.1 Å². The summed E-state index contributed by atoms with van der Waals surface area (Å²) in [5, 5.41) is 48.9. The van der Waals surface area contributed by atoms with E-state index >= 15 is 0 Å². The molecule has 1 aromatic rings. The average Bonchev–Trinajstić information content (AvgIpc) is 3.27. The quantitative estimate of drug-likeness (QED) is 0.0187. The van der Waals surface area contributed by atoms with Gasteiger partial charge in [0, 0.05) is 6.54 Å². The molecule has 19 N–H and O–H groups in total. The Hall–Kier alpha value is -6.60. The molecule has 8 amide bonds. The van der Waals surface area contributed by atoms with Gasteiger partial charge in [0.15, 0.2) is 5.96 Å². The van der Waals surface area contributed by atoms with Crippen LogP contribution in [0, 0.1) is 11.8 Å². The summed E-state index contributed by atoms with van der Waals surface area (Å²) in [6.07, 6.45) is 1.44. The zero-order valence-corrected chi connectivity index (χ0v) is 40.3. The minimum atomic E-state index is -1.56. The lowest BCUT2D eigenvalue weighted by molar-refractivity contribution is -0.142. The van der Waals surface area contributed by atoms with E-state index in [-0.39, 0.29) is 75.2 Å². The molecule has 0 heterocycles. The Labute approximate surface area is 402 Å². The van der Waals surface area contributed by atoms with Crippen LogP contribution >= 0.6 is 0 Å². The molecule has 0 fully saturated rings. The first-order valence-corrected chi connectivity index (χ1v) is 22.9. The number of nitrogens with zero attached hydrogens (tertiary/aromatic N) is 1. The van der Waals surface area contributed by atoms with Gasteiger partial charge in [-0.15, -0.1) is 0 Å². The second kappa shape index (κ2) is 31.4. The highest BCUT2D eigenvalue weighted by Crippen LogP contribution is 2.12. The van der Waals surface area contributed by atoms with Crippen molar-refractivity contribution < 1.29 is 58.5 Å². The number of carbonyl (C=O) groups is 9. The van der Waals surface area contributed by atoms with Crippen LogP contribution in [-0.2, 0) is 49.6 Å². The molecule has 0 unspecified atom stereocenters. The topological polar surface area (TPSA) is 427 Å². The van der Waals surface area contributed by atoms with Gasteiger partial charge in [-0.1, -0.05) is 39.8 Å². The molecule has 0 spiro atoms. The summed E-state index contributed by atoms with van der Waals surface area (Å²) < 4.78 is 0. The van der Waals surface area contributed by atoms with Gasteiger partial charge in [0.1, 0.15) is 48.0 Å². The zero-order chi connectivity index (χ0) is 52.4. The van der Waals surface area contributed by atoms with Crippen LogP contribution < -0.4 is 65.5 Å². The number of aliphatic carboxylic acids is 1. The number of aliphatic hydroxyl groups excluding tert-OH is 1. The first-order valence-electron chi connectivity index (χ1n) is 22.9. The van der Waals surface area contributed by atoms with Gasteiger partial charge in [-0.2, -0.15) is 0 Å². The van der Waals surface area contributed by atoms with Crippen molar-refractivity contribution in [1.82, 2.24) is 42.5 Å². The number of rotatable bonds is 32. The van der Waals surface area contributed by atoms with E-state index in [9.17, 15) is 58.5 Å². The van der Waals surface area contributed by atoms with Gasteiger partial charge >= 0.3 is 5.97 Å². The predicted octanol–water partition coefficient (Wildman–Crippen LogP) is -3.84. The number of nitrogens with two attached hydrogens (primary N) is 4. The number of nitrogens with one attached hydrogen (secondary N) is 8. The molecule has 0 radical (unpaired) electrons. The maximum Gasteiger partial charge on any atom is 0.326 e. The van der Waals surface area contributed by atoms with E-state index in [1.807, 2.05) is 0 Å². The molecule has 0 aliphatic rings. The first-order chi connectivity index (χ1) is 32.4. The van der Waals surface area contributed by atoms with Crippen molar-refractivity contribution in [2.45, 2.75) is 141 Å². The number of carboxylic acids is 1. The average molecular weight is 978 g/mol. The lowest BCUT2D eigenvalue weighted by atomic mass is 10.0. The number of unbranched alkanes of at least 4 members (excludes halogenated alkanes) is 1. The number of phenols is 1. The Morgan fingerprint density at radius 1 is 0.594 bits per heavy atom. The third-order valence-electron chi connectivity index (χ3n) is 10.3. The summed E-state index contributed by atoms with van der Waals surface area (Å²) in [6.45, 7) is 8.73. The van der Waals surface area contributed by atoms with E-state index in [0.717, 1.165) is 0 Å². The highest BCUT2D eigenvalue weighted by atomic mass is 16.4. The van der Waals surface area contributed by atoms with Gasteiger partial charge in [0.25, 0.3) is 0 Å². The van der Waals surface area contributed by atoms with E-state index in [2.05, 4.69) is 47.5 Å². The highest BCUT2D eigenvalue weighted by molar-refractivity contribution is 5.97. The molecule has 8 atom stereocenters. The molecule has 0 saturated heterocycles. The maximum atomic E-state index is 13.8. The van der Waals surface area contributed by atoms with E-state index < -0.39 is 115 Å². The van der Waals surface area contributed by atoms with Crippen LogP contribution in [-0.4, -0.2) is 149 Å². The monoisotopic (exact) mass is 978 g/mol. The van der Waals surface area contributed by atoms with Crippen molar-refractivity contribution in [1.29, 1.82) is 0 Å². The standard InChI is InChI=1S/C44H75N13O12/c1-23(2)18-32(39(64)50-21-35(60)53-33(19-24(3)4)41(66)52-26(6)36(61)55-31(43(68)69)11-9-17-49-44(47)48)56-40(65)30(10-7-8-16-45)54-42(67)34(22-58)57-37(62)25(5)51-38(63)29(46)20-27-12-14-28(59)15-13-27/h12-15,23-26,29-34,58-59H,7-11,16-22,45-46H2,1-6H3,(H,50,64)(H,51,63)(H,52,66)(H,53,60)(H,54,67)(H,55,61)(H,56,65)(H,57,62)(H,68,69)(H4,47,48,49)/t25-,26-,29-,30-,31-,32-,33-,34-/m0/s1. The molecule has 1 rings (SSSR count).